The van der Waals surface area contributed by atoms with Gasteiger partial charge in [0.15, 0.2) is 5.82 Å². The van der Waals surface area contributed by atoms with Crippen LogP contribution in [0.3, 0.4) is 0 Å². The fourth-order valence-corrected chi connectivity index (χ4v) is 7.48. The quantitative estimate of drug-likeness (QED) is 0.337. The molecule has 4 atom stereocenters. The normalized spacial score (nSPS) is 24.5. The second kappa shape index (κ2) is 12.1. The average molecular weight is 606 g/mol. The molecule has 2 aromatic heterocycles. The fraction of sp³-hybridized carbons (Fsp3) is 0.485. The van der Waals surface area contributed by atoms with E-state index in [4.69, 9.17) is 10.5 Å². The summed E-state index contributed by atoms with van der Waals surface area (Å²) in [5, 5.41) is 5.10. The Balaban J connectivity index is 0.000000296. The number of fused-ring (bicyclic) bond motifs is 5. The number of nitrogens with one attached hydrogen (secondary N) is 1. The Morgan fingerprint density at radius 3 is 2.64 bits per heavy atom. The summed E-state index contributed by atoms with van der Waals surface area (Å²) in [6.07, 6.45) is 7.20. The number of alkyl halides is 1. The van der Waals surface area contributed by atoms with Crippen molar-refractivity contribution in [3.8, 4) is 17.3 Å². The topological polar surface area (TPSA) is 92.4 Å². The van der Waals surface area contributed by atoms with E-state index in [-0.39, 0.29) is 17.2 Å². The van der Waals surface area contributed by atoms with Crippen molar-refractivity contribution in [1.29, 1.82) is 0 Å². The molecule has 2 aromatic carbocycles. The minimum Gasteiger partial charge on any atom is -0.467 e. The van der Waals surface area contributed by atoms with Gasteiger partial charge < -0.3 is 20.7 Å². The Morgan fingerprint density at radius 1 is 1.07 bits per heavy atom. The summed E-state index contributed by atoms with van der Waals surface area (Å²) in [6.45, 7) is 3.82. The number of ether oxygens (including phenoxy) is 1. The predicted octanol–water partition coefficient (Wildman–Crippen LogP) is 4.77. The lowest BCUT2D eigenvalue weighted by Crippen LogP contribution is -2.51. The molecule has 0 radical (unpaired) electrons. The van der Waals surface area contributed by atoms with Crippen LogP contribution in [0, 0.1) is 11.6 Å². The van der Waals surface area contributed by atoms with Gasteiger partial charge in [0.05, 0.1) is 12.5 Å². The highest BCUT2D eigenvalue weighted by Crippen LogP contribution is 2.37. The molecule has 0 saturated carbocycles. The van der Waals surface area contributed by atoms with Crippen molar-refractivity contribution >= 4 is 27.5 Å². The van der Waals surface area contributed by atoms with Gasteiger partial charge in [0.2, 0.25) is 0 Å². The van der Waals surface area contributed by atoms with E-state index >= 15 is 4.39 Å². The first kappa shape index (κ1) is 29.2. The number of nitrogens with zero attached hydrogens (tertiary/aromatic N) is 5. The molecule has 4 aliphatic heterocycles. The lowest BCUT2D eigenvalue weighted by atomic mass is 9.96. The highest BCUT2D eigenvalue weighted by Gasteiger charge is 2.35. The Hall–Kier alpha value is -3.54. The summed E-state index contributed by atoms with van der Waals surface area (Å²) in [6, 6.07) is 9.92. The largest absolute Gasteiger partial charge is 0.467 e. The van der Waals surface area contributed by atoms with Gasteiger partial charge in [-0.1, -0.05) is 18.2 Å². The van der Waals surface area contributed by atoms with Crippen molar-refractivity contribution in [2.24, 2.45) is 5.73 Å². The molecule has 0 spiro atoms. The summed E-state index contributed by atoms with van der Waals surface area (Å²) < 4.78 is 49.1. The number of methoxy groups -OCH3 is 1. The van der Waals surface area contributed by atoms with Crippen molar-refractivity contribution < 1.29 is 17.9 Å². The zero-order valence-corrected chi connectivity index (χ0v) is 24.9. The number of anilines is 1. The van der Waals surface area contributed by atoms with Crippen LogP contribution in [0.25, 0.3) is 32.9 Å². The third kappa shape index (κ3) is 5.46. The van der Waals surface area contributed by atoms with Gasteiger partial charge in [0, 0.05) is 54.9 Å². The summed E-state index contributed by atoms with van der Waals surface area (Å²) in [5.41, 5.74) is 7.18. The van der Waals surface area contributed by atoms with Crippen LogP contribution in [0.15, 0.2) is 36.5 Å². The highest BCUT2D eigenvalue weighted by atomic mass is 19.1. The molecule has 0 aliphatic carbocycles. The van der Waals surface area contributed by atoms with E-state index in [1.807, 2.05) is 12.1 Å². The zero-order chi connectivity index (χ0) is 30.4. The number of nitrogens with two attached hydrogens (primary N) is 1. The lowest BCUT2D eigenvalue weighted by molar-refractivity contribution is 0.292. The van der Waals surface area contributed by atoms with E-state index in [0.717, 1.165) is 44.5 Å². The molecule has 8 rings (SSSR count). The van der Waals surface area contributed by atoms with Gasteiger partial charge in [-0.2, -0.15) is 9.97 Å². The molecule has 8 nitrogen and oxygen atoms in total. The van der Waals surface area contributed by atoms with Gasteiger partial charge in [-0.3, -0.25) is 9.88 Å². The SMILES string of the molecule is COc1nc(N2CC3CCC(C2)N3)c2cnc(-c3cc(CCN)cc4cccc(F)c34)c(F)c2n1.FC1CC2CCCN2C1. The van der Waals surface area contributed by atoms with Crippen molar-refractivity contribution in [1.82, 2.24) is 25.2 Å². The van der Waals surface area contributed by atoms with Gasteiger partial charge in [-0.05, 0) is 74.7 Å². The molecule has 11 heteroatoms. The van der Waals surface area contributed by atoms with Gasteiger partial charge in [-0.15, -0.1) is 0 Å². The van der Waals surface area contributed by atoms with Crippen molar-refractivity contribution in [3.05, 3.63) is 53.7 Å². The van der Waals surface area contributed by atoms with Gasteiger partial charge in [0.1, 0.15) is 29.0 Å². The van der Waals surface area contributed by atoms with Crippen LogP contribution in [0.2, 0.25) is 0 Å². The number of halogens is 3. The van der Waals surface area contributed by atoms with E-state index in [0.29, 0.717) is 65.2 Å². The van der Waals surface area contributed by atoms with Crippen molar-refractivity contribution in [3.63, 3.8) is 0 Å². The summed E-state index contributed by atoms with van der Waals surface area (Å²) in [5.74, 6) is -0.455. The molecular formula is C33H38F3N7O. The Labute approximate surface area is 254 Å². The number of benzene rings is 2. The number of pyridine rings is 1. The maximum absolute atomic E-state index is 16.2. The minimum absolute atomic E-state index is 0.0403. The summed E-state index contributed by atoms with van der Waals surface area (Å²) in [4.78, 5) is 17.9. The molecule has 4 saturated heterocycles. The first-order chi connectivity index (χ1) is 21.4. The first-order valence-corrected chi connectivity index (χ1v) is 15.6. The van der Waals surface area contributed by atoms with Crippen LogP contribution in [-0.4, -0.2) is 84.0 Å². The van der Waals surface area contributed by atoms with Gasteiger partial charge in [-0.25, -0.2) is 13.2 Å². The Morgan fingerprint density at radius 2 is 1.89 bits per heavy atom. The first-order valence-electron chi connectivity index (χ1n) is 15.6. The highest BCUT2D eigenvalue weighted by molar-refractivity contribution is 5.99. The van der Waals surface area contributed by atoms with Crippen LogP contribution < -0.4 is 20.7 Å². The molecule has 6 heterocycles. The fourth-order valence-electron chi connectivity index (χ4n) is 7.48. The van der Waals surface area contributed by atoms with E-state index < -0.39 is 17.8 Å². The molecule has 0 amide bonds. The lowest BCUT2D eigenvalue weighted by Gasteiger charge is -2.34. The van der Waals surface area contributed by atoms with Crippen LogP contribution >= 0.6 is 0 Å². The molecule has 4 aliphatic rings. The molecule has 4 fully saturated rings. The Bertz CT molecular complexity index is 1660. The summed E-state index contributed by atoms with van der Waals surface area (Å²) >= 11 is 0. The van der Waals surface area contributed by atoms with E-state index in [1.54, 1.807) is 18.3 Å². The third-order valence-electron chi connectivity index (χ3n) is 9.48. The maximum Gasteiger partial charge on any atom is 0.318 e. The maximum atomic E-state index is 16.2. The smallest absolute Gasteiger partial charge is 0.318 e. The molecular weight excluding hydrogens is 567 g/mol. The second-order valence-electron chi connectivity index (χ2n) is 12.4. The number of hydrogen-bond acceptors (Lipinski definition) is 8. The van der Waals surface area contributed by atoms with Gasteiger partial charge >= 0.3 is 6.01 Å². The molecule has 3 N–H and O–H groups in total. The van der Waals surface area contributed by atoms with Crippen molar-refractivity contribution in [2.45, 2.75) is 62.8 Å². The molecule has 4 aromatic rings. The number of hydrogen-bond donors (Lipinski definition) is 2. The summed E-state index contributed by atoms with van der Waals surface area (Å²) in [7, 11) is 1.46. The van der Waals surface area contributed by atoms with Crippen LogP contribution in [0.5, 0.6) is 6.01 Å². The minimum atomic E-state index is -0.628. The van der Waals surface area contributed by atoms with Gasteiger partial charge in [0.25, 0.3) is 0 Å². The predicted molar refractivity (Wildman–Crippen MR) is 166 cm³/mol. The molecule has 2 bridgehead atoms. The second-order valence-corrected chi connectivity index (χ2v) is 12.4. The average Bonchev–Trinajstić information content (AvgIpc) is 3.71. The van der Waals surface area contributed by atoms with E-state index in [2.05, 4.69) is 30.1 Å². The van der Waals surface area contributed by atoms with E-state index in [9.17, 15) is 8.78 Å². The molecule has 232 valence electrons. The van der Waals surface area contributed by atoms with Crippen LogP contribution in [0.4, 0.5) is 19.0 Å². The Kier molecular flexibility index (Phi) is 8.02. The number of rotatable bonds is 5. The number of piperazine rings is 1. The van der Waals surface area contributed by atoms with Crippen molar-refractivity contribution in [2.75, 3.05) is 44.7 Å². The van der Waals surface area contributed by atoms with Crippen LogP contribution in [0.1, 0.15) is 37.7 Å². The number of aromatic nitrogens is 3. The zero-order valence-electron chi connectivity index (χ0n) is 24.9. The van der Waals surface area contributed by atoms with E-state index in [1.165, 1.54) is 26.0 Å². The van der Waals surface area contributed by atoms with Crippen LogP contribution in [-0.2, 0) is 6.42 Å². The third-order valence-corrected chi connectivity index (χ3v) is 9.48. The molecule has 44 heavy (non-hydrogen) atoms. The monoisotopic (exact) mass is 605 g/mol. The molecule has 4 unspecified atom stereocenters. The standard InChI is InChI=1S/C26H26F2N6O.C7H12FN/c1-35-26-32-24-19(25(33-26)34-12-16-5-6-17(13-34)31-16)11-30-23(22(24)28)18-10-14(7-8-29)9-15-3-2-4-20(27)21(15)18;8-6-4-7-2-1-3-9(7)5-6/h2-4,9-11,16-17,31H,5-8,12-13,29H2,1H3;6-7H,1-5H2.